The van der Waals surface area contributed by atoms with E-state index in [0.717, 1.165) is 36.3 Å². The first-order chi connectivity index (χ1) is 18.5. The average Bonchev–Trinajstić information content (AvgIpc) is 3.10. The standard InChI is InChI=1S/C29H35ClN4O4/c1-37-20-26-28(29(36)33-14-4-13-32(15-16-33)17-18-35)27(21-38-2)34(31-26)25-6-3-5-23(19-25)8-7-22-9-11-24(30)12-10-22/h3,5-12,19,35H,4,13-18,20-21H2,1-2H3/b8-7+. The Bertz CT molecular complexity index is 1240. The third-order valence-corrected chi connectivity index (χ3v) is 6.83. The molecule has 1 N–H and O–H groups in total. The van der Waals surface area contributed by atoms with Crippen LogP contribution in [0.1, 0.15) is 39.3 Å². The minimum Gasteiger partial charge on any atom is -0.395 e. The highest BCUT2D eigenvalue weighted by atomic mass is 35.5. The summed E-state index contributed by atoms with van der Waals surface area (Å²) in [5, 5.41) is 14.8. The van der Waals surface area contributed by atoms with Gasteiger partial charge >= 0.3 is 0 Å². The number of carbonyl (C=O) groups excluding carboxylic acids is 1. The zero-order valence-electron chi connectivity index (χ0n) is 22.0. The van der Waals surface area contributed by atoms with Gasteiger partial charge in [0.2, 0.25) is 0 Å². The molecule has 1 aliphatic rings. The monoisotopic (exact) mass is 538 g/mol. The zero-order chi connectivity index (χ0) is 26.9. The summed E-state index contributed by atoms with van der Waals surface area (Å²) >= 11 is 6.00. The van der Waals surface area contributed by atoms with Crippen molar-refractivity contribution < 1.29 is 19.4 Å². The largest absolute Gasteiger partial charge is 0.395 e. The molecule has 4 rings (SSSR count). The van der Waals surface area contributed by atoms with Gasteiger partial charge in [-0.25, -0.2) is 4.68 Å². The molecule has 1 fully saturated rings. The summed E-state index contributed by atoms with van der Waals surface area (Å²) in [5.74, 6) is -0.0695. The van der Waals surface area contributed by atoms with Gasteiger partial charge in [-0.3, -0.25) is 9.69 Å². The van der Waals surface area contributed by atoms with Crippen molar-refractivity contribution >= 4 is 29.7 Å². The number of rotatable bonds is 10. The van der Waals surface area contributed by atoms with Crippen molar-refractivity contribution in [3.63, 3.8) is 0 Å². The number of benzene rings is 2. The fourth-order valence-corrected chi connectivity index (χ4v) is 4.82. The van der Waals surface area contributed by atoms with Gasteiger partial charge in [-0.15, -0.1) is 0 Å². The quantitative estimate of drug-likeness (QED) is 0.391. The predicted octanol–water partition coefficient (Wildman–Crippen LogP) is 4.13. The number of methoxy groups -OCH3 is 2. The summed E-state index contributed by atoms with van der Waals surface area (Å²) in [6.07, 6.45) is 4.91. The summed E-state index contributed by atoms with van der Waals surface area (Å²) in [7, 11) is 3.22. The van der Waals surface area contributed by atoms with Crippen molar-refractivity contribution in [2.75, 3.05) is 53.6 Å². The topological polar surface area (TPSA) is 80.1 Å². The van der Waals surface area contributed by atoms with E-state index in [4.69, 9.17) is 26.2 Å². The lowest BCUT2D eigenvalue weighted by Gasteiger charge is -2.22. The molecular weight excluding hydrogens is 504 g/mol. The Hall–Kier alpha value is -3.01. The SMILES string of the molecule is COCc1nn(-c2cccc(/C=C/c3ccc(Cl)cc3)c2)c(COC)c1C(=O)N1CCCN(CCO)CC1. The Kier molecular flexibility index (Phi) is 10.1. The Morgan fingerprint density at radius 2 is 1.76 bits per heavy atom. The van der Waals surface area contributed by atoms with Gasteiger partial charge in [0.05, 0.1) is 36.8 Å². The van der Waals surface area contributed by atoms with Crippen LogP contribution in [0.15, 0.2) is 48.5 Å². The van der Waals surface area contributed by atoms with Crippen molar-refractivity contribution in [3.05, 3.63) is 81.6 Å². The smallest absolute Gasteiger partial charge is 0.257 e. The molecule has 0 aliphatic carbocycles. The van der Waals surface area contributed by atoms with E-state index < -0.39 is 0 Å². The summed E-state index contributed by atoms with van der Waals surface area (Å²) in [6.45, 7) is 4.00. The lowest BCUT2D eigenvalue weighted by molar-refractivity contribution is 0.0750. The van der Waals surface area contributed by atoms with E-state index in [1.807, 2.05) is 65.6 Å². The third kappa shape index (κ3) is 6.89. The Morgan fingerprint density at radius 3 is 2.50 bits per heavy atom. The van der Waals surface area contributed by atoms with E-state index in [1.54, 1.807) is 18.9 Å². The van der Waals surface area contributed by atoms with Crippen molar-refractivity contribution in [2.24, 2.45) is 0 Å². The van der Waals surface area contributed by atoms with Gasteiger partial charge in [0.25, 0.3) is 5.91 Å². The predicted molar refractivity (Wildman–Crippen MR) is 149 cm³/mol. The second kappa shape index (κ2) is 13.7. The Morgan fingerprint density at radius 1 is 1.00 bits per heavy atom. The van der Waals surface area contributed by atoms with E-state index in [1.165, 1.54) is 0 Å². The number of aliphatic hydroxyl groups is 1. The number of aliphatic hydroxyl groups excluding tert-OH is 1. The van der Waals surface area contributed by atoms with Crippen LogP contribution in [0.2, 0.25) is 5.02 Å². The second-order valence-corrected chi connectivity index (χ2v) is 9.67. The zero-order valence-corrected chi connectivity index (χ0v) is 22.7. The number of halogens is 1. The van der Waals surface area contributed by atoms with Crippen LogP contribution < -0.4 is 0 Å². The van der Waals surface area contributed by atoms with Crippen LogP contribution in [0, 0.1) is 0 Å². The van der Waals surface area contributed by atoms with Crippen LogP contribution in [0.5, 0.6) is 0 Å². The highest BCUT2D eigenvalue weighted by Gasteiger charge is 2.29. The minimum absolute atomic E-state index is 0.0695. The third-order valence-electron chi connectivity index (χ3n) is 6.57. The van der Waals surface area contributed by atoms with Gasteiger partial charge in [0.1, 0.15) is 5.69 Å². The molecule has 1 saturated heterocycles. The van der Waals surface area contributed by atoms with Crippen molar-refractivity contribution in [1.82, 2.24) is 19.6 Å². The van der Waals surface area contributed by atoms with E-state index in [2.05, 4.69) is 4.90 Å². The maximum Gasteiger partial charge on any atom is 0.257 e. The number of ether oxygens (including phenoxy) is 2. The van der Waals surface area contributed by atoms with Crippen LogP contribution in [0.25, 0.3) is 17.8 Å². The van der Waals surface area contributed by atoms with E-state index in [0.29, 0.717) is 41.6 Å². The molecule has 2 aromatic carbocycles. The number of amides is 1. The van der Waals surface area contributed by atoms with E-state index in [9.17, 15) is 9.90 Å². The average molecular weight is 539 g/mol. The summed E-state index contributed by atoms with van der Waals surface area (Å²) in [6, 6.07) is 15.6. The van der Waals surface area contributed by atoms with Crippen molar-refractivity contribution in [3.8, 4) is 5.69 Å². The lowest BCUT2D eigenvalue weighted by Crippen LogP contribution is -2.36. The van der Waals surface area contributed by atoms with Crippen LogP contribution in [0.4, 0.5) is 0 Å². The maximum absolute atomic E-state index is 13.9. The molecule has 0 unspecified atom stereocenters. The first kappa shape index (κ1) is 28.0. The normalized spacial score (nSPS) is 14.8. The summed E-state index contributed by atoms with van der Waals surface area (Å²) in [5.41, 5.74) is 4.68. The fraction of sp³-hybridized carbons (Fsp3) is 0.379. The van der Waals surface area contributed by atoms with Crippen LogP contribution in [-0.2, 0) is 22.7 Å². The van der Waals surface area contributed by atoms with Crippen LogP contribution >= 0.6 is 11.6 Å². The summed E-state index contributed by atoms with van der Waals surface area (Å²) < 4.78 is 12.8. The molecule has 2 heterocycles. The van der Waals surface area contributed by atoms with Crippen LogP contribution in [-0.4, -0.2) is 84.1 Å². The molecule has 9 heteroatoms. The molecular formula is C29H35ClN4O4. The number of hydrogen-bond donors (Lipinski definition) is 1. The maximum atomic E-state index is 13.9. The molecule has 1 aromatic heterocycles. The minimum atomic E-state index is -0.0695. The van der Waals surface area contributed by atoms with Crippen LogP contribution in [0.3, 0.4) is 0 Å². The number of carbonyl (C=O) groups is 1. The first-order valence-corrected chi connectivity index (χ1v) is 13.2. The molecule has 3 aromatic rings. The van der Waals surface area contributed by atoms with Gasteiger partial charge in [0, 0.05) is 45.4 Å². The fourth-order valence-electron chi connectivity index (χ4n) is 4.70. The summed E-state index contributed by atoms with van der Waals surface area (Å²) in [4.78, 5) is 17.9. The first-order valence-electron chi connectivity index (χ1n) is 12.8. The highest BCUT2D eigenvalue weighted by Crippen LogP contribution is 2.24. The molecule has 0 radical (unpaired) electrons. The van der Waals surface area contributed by atoms with Gasteiger partial charge in [-0.1, -0.05) is 48.0 Å². The van der Waals surface area contributed by atoms with E-state index >= 15 is 0 Å². The molecule has 0 saturated carbocycles. The molecule has 38 heavy (non-hydrogen) atoms. The number of aromatic nitrogens is 2. The van der Waals surface area contributed by atoms with Gasteiger partial charge < -0.3 is 19.5 Å². The molecule has 1 amide bonds. The molecule has 0 bridgehead atoms. The lowest BCUT2D eigenvalue weighted by atomic mass is 10.1. The van der Waals surface area contributed by atoms with Crippen molar-refractivity contribution in [2.45, 2.75) is 19.6 Å². The second-order valence-electron chi connectivity index (χ2n) is 9.24. The van der Waals surface area contributed by atoms with Gasteiger partial charge in [0.15, 0.2) is 0 Å². The highest BCUT2D eigenvalue weighted by molar-refractivity contribution is 6.30. The molecule has 1 aliphatic heterocycles. The number of β-amino-alcohol motifs (C(OH)–C–C–N with tert-alkyl or cyclic N) is 1. The molecule has 8 nitrogen and oxygen atoms in total. The van der Waals surface area contributed by atoms with E-state index in [-0.39, 0.29) is 25.7 Å². The van der Waals surface area contributed by atoms with Crippen molar-refractivity contribution in [1.29, 1.82) is 0 Å². The number of hydrogen-bond acceptors (Lipinski definition) is 6. The Labute approximate surface area is 229 Å². The van der Waals surface area contributed by atoms with Gasteiger partial charge in [-0.05, 0) is 48.4 Å². The van der Waals surface area contributed by atoms with Gasteiger partial charge in [-0.2, -0.15) is 5.10 Å². The molecule has 0 atom stereocenters. The molecule has 0 spiro atoms. The number of nitrogens with zero attached hydrogens (tertiary/aromatic N) is 4. The molecule has 202 valence electrons. The Balaban J connectivity index is 1.66.